The number of hydrogen-bond donors (Lipinski definition) is 3. The van der Waals surface area contributed by atoms with Crippen molar-refractivity contribution in [3.8, 4) is 0 Å². The number of primary amides is 2. The summed E-state index contributed by atoms with van der Waals surface area (Å²) in [6.07, 6.45) is -0.815. The van der Waals surface area contributed by atoms with Gasteiger partial charge in [-0.2, -0.15) is 0 Å². The van der Waals surface area contributed by atoms with E-state index in [2.05, 4.69) is 5.32 Å². The molecule has 8 nitrogen and oxygen atoms in total. The molecule has 23 heavy (non-hydrogen) atoms. The molecule has 1 aromatic rings. The number of hydrogen-bond acceptors (Lipinski definition) is 5. The second kappa shape index (κ2) is 7.19. The molecule has 0 aromatic heterocycles. The molecule has 0 radical (unpaired) electrons. The lowest BCUT2D eigenvalue weighted by molar-refractivity contribution is 0.0480. The van der Waals surface area contributed by atoms with Crippen LogP contribution in [0.15, 0.2) is 18.2 Å². The van der Waals surface area contributed by atoms with Crippen LogP contribution in [0.25, 0.3) is 0 Å². The van der Waals surface area contributed by atoms with Crippen LogP contribution in [-0.2, 0) is 9.47 Å². The molecule has 2 rings (SSSR count). The highest BCUT2D eigenvalue weighted by Crippen LogP contribution is 2.24. The van der Waals surface area contributed by atoms with E-state index in [9.17, 15) is 14.4 Å². The van der Waals surface area contributed by atoms with E-state index in [-0.39, 0.29) is 23.2 Å². The number of carbonyl (C=O) groups excluding carboxylic acids is 3. The Kier molecular flexibility index (Phi) is 5.28. The van der Waals surface area contributed by atoms with Crippen molar-refractivity contribution in [2.75, 3.05) is 6.61 Å². The van der Waals surface area contributed by atoms with Crippen molar-refractivity contribution in [2.45, 2.75) is 25.0 Å². The van der Waals surface area contributed by atoms with Gasteiger partial charge in [0.1, 0.15) is 6.61 Å². The molecule has 3 amide bonds. The molecule has 0 bridgehead atoms. The molecule has 1 atom stereocenters. The van der Waals surface area contributed by atoms with E-state index in [1.807, 2.05) is 0 Å². The van der Waals surface area contributed by atoms with E-state index >= 15 is 0 Å². The minimum atomic E-state index is -1.04. The molecule has 1 aliphatic carbocycles. The highest BCUT2D eigenvalue weighted by molar-refractivity contribution is 6.33. The van der Waals surface area contributed by atoms with E-state index in [0.29, 0.717) is 5.56 Å². The molecule has 0 spiro atoms. The van der Waals surface area contributed by atoms with Gasteiger partial charge in [0.2, 0.25) is 5.91 Å². The van der Waals surface area contributed by atoms with Gasteiger partial charge in [0.15, 0.2) is 6.10 Å². The summed E-state index contributed by atoms with van der Waals surface area (Å²) in [4.78, 5) is 33.9. The summed E-state index contributed by atoms with van der Waals surface area (Å²) in [6, 6.07) is 4.44. The topological polar surface area (TPSA) is 134 Å². The summed E-state index contributed by atoms with van der Waals surface area (Å²) in [5.74, 6) is -0.734. The highest BCUT2D eigenvalue weighted by atomic mass is 35.5. The number of nitrogens with one attached hydrogen (secondary N) is 1. The van der Waals surface area contributed by atoms with E-state index < -0.39 is 24.2 Å². The van der Waals surface area contributed by atoms with E-state index in [4.69, 9.17) is 32.5 Å². The minimum Gasteiger partial charge on any atom is -0.445 e. The maximum atomic E-state index is 11.5. The minimum absolute atomic E-state index is 0.0599. The Bertz CT molecular complexity index is 633. The van der Waals surface area contributed by atoms with E-state index in [1.54, 1.807) is 0 Å². The first-order chi connectivity index (χ1) is 10.9. The Morgan fingerprint density at radius 2 is 2.00 bits per heavy atom. The maximum absolute atomic E-state index is 11.5. The van der Waals surface area contributed by atoms with Crippen LogP contribution in [0.3, 0.4) is 0 Å². The Labute approximate surface area is 137 Å². The quantitative estimate of drug-likeness (QED) is 0.720. The van der Waals surface area contributed by atoms with Crippen LogP contribution >= 0.6 is 11.6 Å². The van der Waals surface area contributed by atoms with Crippen LogP contribution in [0.5, 0.6) is 0 Å². The third kappa shape index (κ3) is 5.03. The van der Waals surface area contributed by atoms with Crippen molar-refractivity contribution in [3.63, 3.8) is 0 Å². The van der Waals surface area contributed by atoms with Crippen molar-refractivity contribution >= 4 is 29.7 Å². The number of rotatable bonds is 6. The zero-order chi connectivity index (χ0) is 17.0. The third-order valence-corrected chi connectivity index (χ3v) is 3.48. The number of halogens is 1. The van der Waals surface area contributed by atoms with Crippen molar-refractivity contribution in [1.29, 1.82) is 0 Å². The zero-order valence-corrected chi connectivity index (χ0v) is 12.8. The molecular formula is C14H16ClN3O5. The first kappa shape index (κ1) is 16.9. The molecule has 9 heteroatoms. The van der Waals surface area contributed by atoms with Gasteiger partial charge in [0.05, 0.1) is 10.6 Å². The van der Waals surface area contributed by atoms with Gasteiger partial charge in [-0.3, -0.25) is 4.79 Å². The molecule has 1 fully saturated rings. The highest BCUT2D eigenvalue weighted by Gasteiger charge is 2.25. The van der Waals surface area contributed by atoms with Crippen molar-refractivity contribution in [3.05, 3.63) is 34.3 Å². The molecule has 0 aliphatic heterocycles. The maximum Gasteiger partial charge on any atom is 0.407 e. The molecule has 5 N–H and O–H groups in total. The van der Waals surface area contributed by atoms with Gasteiger partial charge in [-0.05, 0) is 30.5 Å². The Morgan fingerprint density at radius 3 is 2.57 bits per heavy atom. The Balaban J connectivity index is 2.10. The number of carbonyl (C=O) groups is 3. The van der Waals surface area contributed by atoms with Gasteiger partial charge in [-0.1, -0.05) is 17.7 Å². The summed E-state index contributed by atoms with van der Waals surface area (Å²) >= 11 is 5.86. The third-order valence-electron chi connectivity index (χ3n) is 3.15. The molecule has 1 unspecified atom stereocenters. The Hall–Kier alpha value is -2.48. The van der Waals surface area contributed by atoms with Crippen LogP contribution in [0.1, 0.15) is 34.9 Å². The second-order valence-corrected chi connectivity index (χ2v) is 5.45. The number of amides is 3. The first-order valence-corrected chi connectivity index (χ1v) is 7.23. The summed E-state index contributed by atoms with van der Waals surface area (Å²) in [5, 5.41) is 2.78. The zero-order valence-electron chi connectivity index (χ0n) is 12.1. The van der Waals surface area contributed by atoms with Gasteiger partial charge in [-0.25, -0.2) is 9.59 Å². The smallest absolute Gasteiger partial charge is 0.407 e. The molecular weight excluding hydrogens is 326 g/mol. The number of nitrogens with two attached hydrogens (primary N) is 2. The molecule has 0 saturated heterocycles. The van der Waals surface area contributed by atoms with Gasteiger partial charge in [0.25, 0.3) is 0 Å². The van der Waals surface area contributed by atoms with Gasteiger partial charge >= 0.3 is 12.2 Å². The van der Waals surface area contributed by atoms with Gasteiger partial charge in [-0.15, -0.1) is 0 Å². The fourth-order valence-electron chi connectivity index (χ4n) is 1.86. The van der Waals surface area contributed by atoms with Crippen molar-refractivity contribution in [1.82, 2.24) is 5.32 Å². The number of ether oxygens (including phenoxy) is 2. The predicted molar refractivity (Wildman–Crippen MR) is 80.9 cm³/mol. The van der Waals surface area contributed by atoms with Crippen LogP contribution in [0.2, 0.25) is 5.02 Å². The largest absolute Gasteiger partial charge is 0.445 e. The van der Waals surface area contributed by atoms with Crippen LogP contribution in [0, 0.1) is 0 Å². The predicted octanol–water partition coefficient (Wildman–Crippen LogP) is 1.46. The van der Waals surface area contributed by atoms with Crippen molar-refractivity contribution in [2.24, 2.45) is 11.5 Å². The molecule has 124 valence electrons. The first-order valence-electron chi connectivity index (χ1n) is 6.85. The average molecular weight is 342 g/mol. The van der Waals surface area contributed by atoms with E-state index in [0.717, 1.165) is 12.8 Å². The average Bonchev–Trinajstić information content (AvgIpc) is 3.27. The molecule has 0 heterocycles. The summed E-state index contributed by atoms with van der Waals surface area (Å²) in [6.45, 7) is -0.263. The normalized spacial score (nSPS) is 14.7. The number of alkyl carbamates (subject to hydrolysis) is 1. The van der Waals surface area contributed by atoms with Gasteiger partial charge < -0.3 is 26.3 Å². The SMILES string of the molecule is NC(=O)OC(COC(=O)NC1CC1)c1ccc(Cl)c(C(N)=O)c1. The van der Waals surface area contributed by atoms with Crippen molar-refractivity contribution < 1.29 is 23.9 Å². The molecule has 1 aromatic carbocycles. The monoisotopic (exact) mass is 341 g/mol. The standard InChI is InChI=1S/C14H16ClN3O5/c15-10-4-1-7(5-9(10)12(16)19)11(23-13(17)20)6-22-14(21)18-8-2-3-8/h1,4-5,8,11H,2-3,6H2,(H2,16,19)(H2,17,20)(H,18,21). The molecule has 1 aliphatic rings. The number of benzene rings is 1. The van der Waals surface area contributed by atoms with Crippen LogP contribution in [0.4, 0.5) is 9.59 Å². The summed E-state index contributed by atoms with van der Waals surface area (Å²) < 4.78 is 9.93. The summed E-state index contributed by atoms with van der Waals surface area (Å²) in [7, 11) is 0. The fraction of sp³-hybridized carbons (Fsp3) is 0.357. The summed E-state index contributed by atoms with van der Waals surface area (Å²) in [5.41, 5.74) is 10.7. The molecule has 1 saturated carbocycles. The van der Waals surface area contributed by atoms with Gasteiger partial charge in [0, 0.05) is 6.04 Å². The Morgan fingerprint density at radius 1 is 1.30 bits per heavy atom. The lowest BCUT2D eigenvalue weighted by Crippen LogP contribution is -2.29. The van der Waals surface area contributed by atoms with E-state index in [1.165, 1.54) is 18.2 Å². The lowest BCUT2D eigenvalue weighted by Gasteiger charge is -2.18. The second-order valence-electron chi connectivity index (χ2n) is 5.05. The van der Waals surface area contributed by atoms with Crippen LogP contribution in [-0.4, -0.2) is 30.7 Å². The van der Waals surface area contributed by atoms with Crippen LogP contribution < -0.4 is 16.8 Å². The fourth-order valence-corrected chi connectivity index (χ4v) is 2.07. The lowest BCUT2D eigenvalue weighted by atomic mass is 10.1.